The molecule has 0 spiro atoms. The first-order chi connectivity index (χ1) is 10.5. The average molecular weight is 298 g/mol. The summed E-state index contributed by atoms with van der Waals surface area (Å²) < 4.78 is 0. The van der Waals surface area contributed by atoms with Gasteiger partial charge in [0, 0.05) is 0 Å². The van der Waals surface area contributed by atoms with Crippen molar-refractivity contribution in [1.82, 2.24) is 0 Å². The molecule has 0 aromatic rings. The van der Waals surface area contributed by atoms with E-state index in [1.54, 1.807) is 0 Å². The van der Waals surface area contributed by atoms with Crippen molar-refractivity contribution in [2.75, 3.05) is 0 Å². The number of fused-ring (bicyclic) bond motifs is 1. The lowest BCUT2D eigenvalue weighted by Gasteiger charge is -2.52. The van der Waals surface area contributed by atoms with Crippen LogP contribution in [0.3, 0.4) is 0 Å². The number of hydrogen-bond acceptors (Lipinski definition) is 0. The largest absolute Gasteiger partial charge is 0.0862 e. The third-order valence-electron chi connectivity index (χ3n) is 7.40. The minimum absolute atomic E-state index is 0.373. The monoisotopic (exact) mass is 298 g/mol. The highest BCUT2D eigenvalue weighted by molar-refractivity contribution is 6.09. The van der Waals surface area contributed by atoms with Crippen LogP contribution in [0.15, 0.2) is 0 Å². The lowest BCUT2D eigenvalue weighted by Crippen LogP contribution is -2.44. The molecule has 0 saturated heterocycles. The van der Waals surface area contributed by atoms with Crippen molar-refractivity contribution in [2.24, 2.45) is 35.0 Å². The van der Waals surface area contributed by atoms with Gasteiger partial charge in [0.25, 0.3) is 0 Å². The van der Waals surface area contributed by atoms with Gasteiger partial charge in [-0.3, -0.25) is 0 Å². The highest BCUT2D eigenvalue weighted by atomic mass is 14.5. The Morgan fingerprint density at radius 2 is 1.82 bits per heavy atom. The van der Waals surface area contributed by atoms with Crippen molar-refractivity contribution >= 4 is 15.7 Å². The maximum absolute atomic E-state index is 6.19. The minimum Gasteiger partial charge on any atom is -0.0862 e. The summed E-state index contributed by atoms with van der Waals surface area (Å²) in [6.45, 7) is 7.28. The van der Waals surface area contributed by atoms with Crippen molar-refractivity contribution in [3.05, 3.63) is 0 Å². The second kappa shape index (κ2) is 8.29. The molecule has 2 aliphatic carbocycles. The molecule has 0 nitrogen and oxygen atoms in total. The molecule has 2 rings (SSSR count). The third kappa shape index (κ3) is 4.15. The molecule has 0 N–H and O–H groups in total. The van der Waals surface area contributed by atoms with Crippen LogP contribution in [0.25, 0.3) is 0 Å². The van der Waals surface area contributed by atoms with Crippen LogP contribution in [-0.4, -0.2) is 15.7 Å². The quantitative estimate of drug-likeness (QED) is 0.560. The molecule has 4 radical (unpaired) electrons. The molecule has 0 bridgehead atoms. The van der Waals surface area contributed by atoms with Gasteiger partial charge in [0.1, 0.15) is 0 Å². The van der Waals surface area contributed by atoms with Crippen molar-refractivity contribution in [1.29, 1.82) is 0 Å². The van der Waals surface area contributed by atoms with E-state index in [1.165, 1.54) is 57.8 Å². The molecule has 0 aromatic carbocycles. The van der Waals surface area contributed by atoms with Crippen LogP contribution in [0.1, 0.15) is 78.6 Å². The van der Waals surface area contributed by atoms with Crippen LogP contribution in [0.5, 0.6) is 0 Å². The van der Waals surface area contributed by atoms with E-state index in [0.29, 0.717) is 11.3 Å². The lowest BCUT2D eigenvalue weighted by atomic mass is 9.51. The summed E-state index contributed by atoms with van der Waals surface area (Å²) in [5, 5.41) is 0. The van der Waals surface area contributed by atoms with Crippen LogP contribution < -0.4 is 0 Å². The average Bonchev–Trinajstić information content (AvgIpc) is 2.51. The van der Waals surface area contributed by atoms with Gasteiger partial charge in [-0.05, 0) is 48.3 Å². The predicted octanol–water partition coefficient (Wildman–Crippen LogP) is 5.83. The normalized spacial score (nSPS) is 41.2. The van der Waals surface area contributed by atoms with E-state index < -0.39 is 0 Å². The molecule has 0 aliphatic heterocycles. The molecular weight excluding hydrogens is 262 g/mol. The van der Waals surface area contributed by atoms with Crippen molar-refractivity contribution in [3.63, 3.8) is 0 Å². The summed E-state index contributed by atoms with van der Waals surface area (Å²) >= 11 is 0. The number of hydrogen-bond donors (Lipinski definition) is 0. The van der Waals surface area contributed by atoms with E-state index >= 15 is 0 Å². The maximum atomic E-state index is 6.19. The second-order valence-corrected chi connectivity index (χ2v) is 8.84. The molecule has 122 valence electrons. The Morgan fingerprint density at radius 1 is 1.09 bits per heavy atom. The molecule has 6 atom stereocenters. The Morgan fingerprint density at radius 3 is 2.50 bits per heavy atom. The van der Waals surface area contributed by atoms with Crippen LogP contribution >= 0.6 is 0 Å². The first-order valence-electron chi connectivity index (χ1n) is 9.92. The minimum atomic E-state index is 0.373. The fourth-order valence-electron chi connectivity index (χ4n) is 5.36. The van der Waals surface area contributed by atoms with E-state index in [-0.39, 0.29) is 0 Å². The smallest absolute Gasteiger partial charge is 0.0660 e. The Bertz CT molecular complexity index is 330. The first-order valence-corrected chi connectivity index (χ1v) is 9.92. The van der Waals surface area contributed by atoms with Gasteiger partial charge < -0.3 is 0 Å². The standard InChI is InChI=1S/C20H36B2/c1-15(13-21)9-10-17-7-5-4-6-8-18-11-12-20(3,14-22)16(2)19(17)18/h15-19H,4-14H2,1-3H3. The summed E-state index contributed by atoms with van der Waals surface area (Å²) in [6, 6.07) is 0. The van der Waals surface area contributed by atoms with Crippen molar-refractivity contribution in [2.45, 2.75) is 91.2 Å². The zero-order valence-corrected chi connectivity index (χ0v) is 15.3. The molecular formula is C20H36B2. The van der Waals surface area contributed by atoms with Crippen LogP contribution in [-0.2, 0) is 0 Å². The predicted molar refractivity (Wildman–Crippen MR) is 99.6 cm³/mol. The first kappa shape index (κ1) is 18.5. The van der Waals surface area contributed by atoms with Gasteiger partial charge in [0.05, 0.1) is 15.7 Å². The van der Waals surface area contributed by atoms with Gasteiger partial charge >= 0.3 is 0 Å². The molecule has 2 heteroatoms. The van der Waals surface area contributed by atoms with Gasteiger partial charge in [-0.25, -0.2) is 0 Å². The summed E-state index contributed by atoms with van der Waals surface area (Å²) in [5.41, 5.74) is 0.373. The molecule has 0 aromatic heterocycles. The fraction of sp³-hybridized carbons (Fsp3) is 1.00. The zero-order valence-electron chi connectivity index (χ0n) is 15.3. The van der Waals surface area contributed by atoms with Gasteiger partial charge in [-0.15, -0.1) is 0 Å². The summed E-state index contributed by atoms with van der Waals surface area (Å²) in [4.78, 5) is 0. The second-order valence-electron chi connectivity index (χ2n) is 8.84. The number of rotatable bonds is 5. The van der Waals surface area contributed by atoms with Crippen LogP contribution in [0.2, 0.25) is 12.6 Å². The van der Waals surface area contributed by atoms with E-state index in [1.807, 2.05) is 0 Å². The van der Waals surface area contributed by atoms with Crippen LogP contribution in [0, 0.1) is 35.0 Å². The fourth-order valence-corrected chi connectivity index (χ4v) is 5.36. The molecule has 22 heavy (non-hydrogen) atoms. The van der Waals surface area contributed by atoms with Crippen molar-refractivity contribution < 1.29 is 0 Å². The Labute approximate surface area is 142 Å². The summed E-state index contributed by atoms with van der Waals surface area (Å²) in [5.74, 6) is 4.26. The van der Waals surface area contributed by atoms with E-state index in [2.05, 4.69) is 20.8 Å². The Balaban J connectivity index is 2.13. The lowest BCUT2D eigenvalue weighted by molar-refractivity contribution is -0.0110. The van der Waals surface area contributed by atoms with Crippen LogP contribution in [0.4, 0.5) is 0 Å². The van der Waals surface area contributed by atoms with Gasteiger partial charge in [0.2, 0.25) is 0 Å². The summed E-state index contributed by atoms with van der Waals surface area (Å²) in [6.07, 6.45) is 14.5. The highest BCUT2D eigenvalue weighted by Crippen LogP contribution is 2.54. The highest BCUT2D eigenvalue weighted by Gasteiger charge is 2.45. The van der Waals surface area contributed by atoms with Gasteiger partial charge in [-0.1, -0.05) is 77.9 Å². The molecule has 6 unspecified atom stereocenters. The molecule has 0 heterocycles. The van der Waals surface area contributed by atoms with Crippen molar-refractivity contribution in [3.8, 4) is 0 Å². The van der Waals surface area contributed by atoms with Gasteiger partial charge in [0.15, 0.2) is 0 Å². The SMILES string of the molecule is [B]CC(C)CCC1CCCCCC2CCC(C)(C[B])C(C)C12. The zero-order chi connectivity index (χ0) is 16.2. The van der Waals surface area contributed by atoms with Gasteiger partial charge in [-0.2, -0.15) is 0 Å². The third-order valence-corrected chi connectivity index (χ3v) is 7.40. The molecule has 2 saturated carbocycles. The Kier molecular flexibility index (Phi) is 6.96. The molecule has 0 amide bonds. The van der Waals surface area contributed by atoms with E-state index in [4.69, 9.17) is 15.7 Å². The van der Waals surface area contributed by atoms with E-state index in [0.717, 1.165) is 36.3 Å². The summed E-state index contributed by atoms with van der Waals surface area (Å²) in [7, 11) is 12.0. The van der Waals surface area contributed by atoms with E-state index in [9.17, 15) is 0 Å². The maximum Gasteiger partial charge on any atom is 0.0660 e. The Hall–Kier alpha value is 0.130. The molecule has 2 fully saturated rings. The molecule has 2 aliphatic rings. The topological polar surface area (TPSA) is 0 Å².